The number of nitrogens with zero attached hydrogens (tertiary/aromatic N) is 1. The molecule has 0 fully saturated rings. The van der Waals surface area contributed by atoms with Crippen LogP contribution in [0.3, 0.4) is 0 Å². The van der Waals surface area contributed by atoms with Gasteiger partial charge in [-0.15, -0.1) is 0 Å². The Morgan fingerprint density at radius 2 is 2.21 bits per heavy atom. The normalized spacial score (nSPS) is 12.7. The van der Waals surface area contributed by atoms with Crippen LogP contribution in [0.2, 0.25) is 0 Å². The largest absolute Gasteiger partial charge is 0.451 e. The van der Waals surface area contributed by atoms with Crippen molar-refractivity contribution in [2.45, 2.75) is 19.9 Å². The number of carbonyl (C=O) groups is 1. The van der Waals surface area contributed by atoms with Crippen LogP contribution in [0.1, 0.15) is 23.0 Å². The number of aliphatic hydroxyl groups excluding tert-OH is 1. The van der Waals surface area contributed by atoms with Gasteiger partial charge in [0.05, 0.1) is 12.6 Å². The Bertz CT molecular complexity index is 620. The van der Waals surface area contributed by atoms with E-state index in [1.54, 1.807) is 14.0 Å². The average Bonchev–Trinajstić information content (AvgIpc) is 2.73. The van der Waals surface area contributed by atoms with Gasteiger partial charge in [0, 0.05) is 22.5 Å². The molecule has 0 aliphatic carbocycles. The Morgan fingerprint density at radius 3 is 2.84 bits per heavy atom. The minimum Gasteiger partial charge on any atom is -0.451 e. The summed E-state index contributed by atoms with van der Waals surface area (Å²) in [7, 11) is 1.66. The monoisotopic (exact) mass is 325 g/mol. The summed E-state index contributed by atoms with van der Waals surface area (Å²) in [5.41, 5.74) is 1.51. The second-order valence-electron chi connectivity index (χ2n) is 4.64. The number of aliphatic hydroxyl groups is 1. The summed E-state index contributed by atoms with van der Waals surface area (Å²) in [6.07, 6.45) is 0. The highest BCUT2D eigenvalue weighted by atomic mass is 79.9. The molecule has 1 N–H and O–H groups in total. The van der Waals surface area contributed by atoms with Crippen molar-refractivity contribution in [3.8, 4) is 0 Å². The lowest BCUT2D eigenvalue weighted by molar-refractivity contribution is 0.0652. The highest BCUT2D eigenvalue weighted by Crippen LogP contribution is 2.28. The van der Waals surface area contributed by atoms with E-state index >= 15 is 0 Å². The molecule has 1 aromatic heterocycles. The molecule has 1 aromatic carbocycles. The maximum absolute atomic E-state index is 12.3. The lowest BCUT2D eigenvalue weighted by atomic mass is 10.1. The smallest absolute Gasteiger partial charge is 0.289 e. The number of aryl methyl sites for hydroxylation is 1. The fourth-order valence-corrected chi connectivity index (χ4v) is 2.24. The third-order valence-electron chi connectivity index (χ3n) is 3.34. The topological polar surface area (TPSA) is 53.7 Å². The molecule has 1 heterocycles. The summed E-state index contributed by atoms with van der Waals surface area (Å²) in [4.78, 5) is 13.8. The number of hydrogen-bond acceptors (Lipinski definition) is 3. The first kappa shape index (κ1) is 14.1. The predicted octanol–water partition coefficient (Wildman–Crippen LogP) is 2.96. The number of amides is 1. The lowest BCUT2D eigenvalue weighted by Crippen LogP contribution is -2.37. The third-order valence-corrected chi connectivity index (χ3v) is 3.83. The van der Waals surface area contributed by atoms with Crippen molar-refractivity contribution in [3.05, 3.63) is 34.0 Å². The maximum Gasteiger partial charge on any atom is 0.289 e. The molecule has 1 atom stereocenters. The number of likely N-dealkylation sites (N-methyl/N-ethyl adjacent to an activating group) is 1. The van der Waals surface area contributed by atoms with Crippen molar-refractivity contribution in [2.75, 3.05) is 13.7 Å². The van der Waals surface area contributed by atoms with Gasteiger partial charge < -0.3 is 14.4 Å². The third kappa shape index (κ3) is 2.53. The minimum absolute atomic E-state index is 0.0763. The van der Waals surface area contributed by atoms with Gasteiger partial charge in [0.1, 0.15) is 5.58 Å². The van der Waals surface area contributed by atoms with Gasteiger partial charge in [-0.1, -0.05) is 15.9 Å². The van der Waals surface area contributed by atoms with Crippen molar-refractivity contribution in [2.24, 2.45) is 0 Å². The Morgan fingerprint density at radius 1 is 1.53 bits per heavy atom. The summed E-state index contributed by atoms with van der Waals surface area (Å²) >= 11 is 3.41. The summed E-state index contributed by atoms with van der Waals surface area (Å²) < 4.78 is 6.58. The molecule has 0 aliphatic heterocycles. The van der Waals surface area contributed by atoms with Gasteiger partial charge in [-0.3, -0.25) is 4.79 Å². The Kier molecular flexibility index (Phi) is 3.96. The molecule has 0 bridgehead atoms. The molecular formula is C14H16BrNO3. The first-order chi connectivity index (χ1) is 8.95. The van der Waals surface area contributed by atoms with Gasteiger partial charge in [0.25, 0.3) is 5.91 Å². The summed E-state index contributed by atoms with van der Waals surface area (Å²) in [5, 5.41) is 10.0. The highest BCUT2D eigenvalue weighted by molar-refractivity contribution is 9.10. The van der Waals surface area contributed by atoms with Gasteiger partial charge in [-0.25, -0.2) is 0 Å². The van der Waals surface area contributed by atoms with Crippen molar-refractivity contribution in [1.82, 2.24) is 4.90 Å². The average molecular weight is 326 g/mol. The van der Waals surface area contributed by atoms with Gasteiger partial charge >= 0.3 is 0 Å². The number of benzene rings is 1. The van der Waals surface area contributed by atoms with Crippen LogP contribution >= 0.6 is 15.9 Å². The van der Waals surface area contributed by atoms with Crippen LogP contribution in [-0.4, -0.2) is 35.6 Å². The van der Waals surface area contributed by atoms with E-state index in [1.807, 2.05) is 25.1 Å². The van der Waals surface area contributed by atoms with Crippen LogP contribution in [0, 0.1) is 6.92 Å². The molecule has 0 saturated carbocycles. The van der Waals surface area contributed by atoms with Crippen LogP contribution in [0.25, 0.3) is 11.0 Å². The number of hydrogen-bond donors (Lipinski definition) is 1. The molecular weight excluding hydrogens is 310 g/mol. The standard InChI is InChI=1S/C14H16BrNO3/c1-8(7-17)16(3)14(18)13-9(2)11-6-10(15)4-5-12(11)19-13/h4-6,8,17H,7H2,1-3H3. The van der Waals surface area contributed by atoms with Crippen LogP contribution in [0.5, 0.6) is 0 Å². The van der Waals surface area contributed by atoms with Crippen LogP contribution in [0.4, 0.5) is 0 Å². The molecule has 2 aromatic rings. The van der Waals surface area contributed by atoms with E-state index in [1.165, 1.54) is 4.90 Å². The first-order valence-electron chi connectivity index (χ1n) is 6.02. The lowest BCUT2D eigenvalue weighted by Gasteiger charge is -2.22. The SMILES string of the molecule is Cc1c(C(=O)N(C)C(C)CO)oc2ccc(Br)cc12. The number of halogens is 1. The minimum atomic E-state index is -0.244. The zero-order valence-corrected chi connectivity index (χ0v) is 12.7. The van der Waals surface area contributed by atoms with Gasteiger partial charge in [0.2, 0.25) is 0 Å². The van der Waals surface area contributed by atoms with Gasteiger partial charge in [-0.05, 0) is 32.0 Å². The molecule has 1 unspecified atom stereocenters. The van der Waals surface area contributed by atoms with E-state index in [2.05, 4.69) is 15.9 Å². The Labute approximate surface area is 120 Å². The first-order valence-corrected chi connectivity index (χ1v) is 6.81. The van der Waals surface area contributed by atoms with Crippen molar-refractivity contribution >= 4 is 32.8 Å². The number of carbonyl (C=O) groups excluding carboxylic acids is 1. The molecule has 1 amide bonds. The Balaban J connectivity index is 2.46. The predicted molar refractivity (Wildman–Crippen MR) is 77.3 cm³/mol. The summed E-state index contributed by atoms with van der Waals surface area (Å²) in [5.74, 6) is 0.113. The molecule has 0 aliphatic rings. The second-order valence-corrected chi connectivity index (χ2v) is 5.56. The number of rotatable bonds is 3. The highest BCUT2D eigenvalue weighted by Gasteiger charge is 2.23. The fourth-order valence-electron chi connectivity index (χ4n) is 1.88. The van der Waals surface area contributed by atoms with Crippen molar-refractivity contribution < 1.29 is 14.3 Å². The van der Waals surface area contributed by atoms with E-state index < -0.39 is 0 Å². The van der Waals surface area contributed by atoms with E-state index in [0.717, 1.165) is 15.4 Å². The second kappa shape index (κ2) is 5.35. The zero-order valence-electron chi connectivity index (χ0n) is 11.1. The number of fused-ring (bicyclic) bond motifs is 1. The maximum atomic E-state index is 12.3. The van der Waals surface area contributed by atoms with Crippen LogP contribution < -0.4 is 0 Å². The molecule has 4 nitrogen and oxygen atoms in total. The van der Waals surface area contributed by atoms with Gasteiger partial charge in [-0.2, -0.15) is 0 Å². The number of furan rings is 1. The van der Waals surface area contributed by atoms with Crippen molar-refractivity contribution in [3.63, 3.8) is 0 Å². The molecule has 0 spiro atoms. The quantitative estimate of drug-likeness (QED) is 0.943. The van der Waals surface area contributed by atoms with Crippen LogP contribution in [-0.2, 0) is 0 Å². The molecule has 102 valence electrons. The van der Waals surface area contributed by atoms with Gasteiger partial charge in [0.15, 0.2) is 5.76 Å². The van der Waals surface area contributed by atoms with E-state index in [4.69, 9.17) is 9.52 Å². The molecule has 0 saturated heterocycles. The van der Waals surface area contributed by atoms with E-state index in [0.29, 0.717) is 11.3 Å². The van der Waals surface area contributed by atoms with Crippen molar-refractivity contribution in [1.29, 1.82) is 0 Å². The van der Waals surface area contributed by atoms with Crippen LogP contribution in [0.15, 0.2) is 27.1 Å². The fraction of sp³-hybridized carbons (Fsp3) is 0.357. The van der Waals surface area contributed by atoms with E-state index in [9.17, 15) is 4.79 Å². The molecule has 19 heavy (non-hydrogen) atoms. The molecule has 0 radical (unpaired) electrons. The zero-order chi connectivity index (χ0) is 14.2. The summed E-state index contributed by atoms with van der Waals surface area (Å²) in [6.45, 7) is 3.57. The van der Waals surface area contributed by atoms with E-state index in [-0.39, 0.29) is 18.6 Å². The Hall–Kier alpha value is -1.33. The molecule has 5 heteroatoms. The molecule has 2 rings (SSSR count). The summed E-state index contributed by atoms with van der Waals surface area (Å²) in [6, 6.07) is 5.39.